The summed E-state index contributed by atoms with van der Waals surface area (Å²) >= 11 is 0. The maximum absolute atomic E-state index is 13.6. The monoisotopic (exact) mass is 418 g/mol. The van der Waals surface area contributed by atoms with Crippen molar-refractivity contribution in [1.29, 1.82) is 0 Å². The molecule has 0 fully saturated rings. The zero-order valence-corrected chi connectivity index (χ0v) is 16.7. The first kappa shape index (κ1) is 21.4. The smallest absolute Gasteiger partial charge is 0.243 e. The molecule has 2 N–H and O–H groups in total. The van der Waals surface area contributed by atoms with Gasteiger partial charge in [0.2, 0.25) is 11.8 Å². The van der Waals surface area contributed by atoms with E-state index in [4.69, 9.17) is 4.42 Å². The molecule has 3 rings (SSSR count). The number of benzene rings is 2. The number of carbonyl (C=O) groups excluding carboxylic acids is 2. The Kier molecular flexibility index (Phi) is 6.14. The summed E-state index contributed by atoms with van der Waals surface area (Å²) < 4.78 is 45.3. The van der Waals surface area contributed by atoms with Crippen molar-refractivity contribution in [2.75, 3.05) is 11.9 Å². The third kappa shape index (κ3) is 4.48. The van der Waals surface area contributed by atoms with Crippen molar-refractivity contribution in [3.8, 4) is 0 Å². The first-order valence-electron chi connectivity index (χ1n) is 9.38. The van der Waals surface area contributed by atoms with Gasteiger partial charge in [-0.25, -0.2) is 13.2 Å². The molecule has 0 aliphatic heterocycles. The molecule has 0 spiro atoms. The van der Waals surface area contributed by atoms with E-state index in [0.29, 0.717) is 23.1 Å². The molecule has 0 radical (unpaired) electrons. The molecule has 158 valence electrons. The van der Waals surface area contributed by atoms with Gasteiger partial charge >= 0.3 is 0 Å². The molecule has 5 nitrogen and oxygen atoms in total. The third-order valence-corrected chi connectivity index (χ3v) is 4.77. The maximum atomic E-state index is 13.6. The topological polar surface area (TPSA) is 71.3 Å². The highest BCUT2D eigenvalue weighted by molar-refractivity contribution is 5.95. The molecule has 0 saturated heterocycles. The number of anilines is 1. The van der Waals surface area contributed by atoms with Crippen molar-refractivity contribution in [3.63, 3.8) is 0 Å². The molecule has 0 aliphatic rings. The third-order valence-electron chi connectivity index (χ3n) is 4.77. The molecule has 1 heterocycles. The van der Waals surface area contributed by atoms with Crippen LogP contribution in [0, 0.1) is 24.4 Å². The van der Waals surface area contributed by atoms with Gasteiger partial charge in [0.1, 0.15) is 5.58 Å². The molecule has 1 aromatic heterocycles. The number of amides is 2. The molecule has 0 bridgehead atoms. The Hall–Kier alpha value is -3.29. The predicted octanol–water partition coefficient (Wildman–Crippen LogP) is 4.58. The quantitative estimate of drug-likeness (QED) is 0.576. The Morgan fingerprint density at radius 1 is 1.07 bits per heavy atom. The molecule has 30 heavy (non-hydrogen) atoms. The van der Waals surface area contributed by atoms with Crippen LogP contribution in [0.4, 0.5) is 18.9 Å². The predicted molar refractivity (Wildman–Crippen MR) is 107 cm³/mol. The van der Waals surface area contributed by atoms with E-state index >= 15 is 0 Å². The first-order valence-corrected chi connectivity index (χ1v) is 9.38. The Balaban J connectivity index is 1.63. The van der Waals surface area contributed by atoms with Gasteiger partial charge in [0.05, 0.1) is 24.9 Å². The molecular weight excluding hydrogens is 397 g/mol. The fourth-order valence-electron chi connectivity index (χ4n) is 3.23. The molecule has 0 unspecified atom stereocenters. The SMILES string of the molecule is Cc1cc2occ(CC(=O)NCC(=O)Nc3ccc(F)c(F)c3F)c2cc1C(C)C. The highest BCUT2D eigenvalue weighted by Crippen LogP contribution is 2.29. The lowest BCUT2D eigenvalue weighted by molar-refractivity contribution is -0.123. The number of halogens is 3. The lowest BCUT2D eigenvalue weighted by Gasteiger charge is -2.10. The van der Waals surface area contributed by atoms with Crippen LogP contribution in [0.3, 0.4) is 0 Å². The van der Waals surface area contributed by atoms with Crippen molar-refractivity contribution in [3.05, 3.63) is 64.7 Å². The molecule has 0 atom stereocenters. The van der Waals surface area contributed by atoms with E-state index in [9.17, 15) is 22.8 Å². The number of aryl methyl sites for hydroxylation is 1. The molecule has 0 aliphatic carbocycles. The zero-order chi connectivity index (χ0) is 22.0. The lowest BCUT2D eigenvalue weighted by atomic mass is 9.95. The van der Waals surface area contributed by atoms with Crippen LogP contribution in [0.1, 0.15) is 36.5 Å². The summed E-state index contributed by atoms with van der Waals surface area (Å²) in [4.78, 5) is 24.2. The van der Waals surface area contributed by atoms with E-state index in [1.807, 2.05) is 19.1 Å². The van der Waals surface area contributed by atoms with E-state index in [1.165, 1.54) is 6.26 Å². The second-order valence-corrected chi connectivity index (χ2v) is 7.35. The highest BCUT2D eigenvalue weighted by Gasteiger charge is 2.17. The number of hydrogen-bond donors (Lipinski definition) is 2. The van der Waals surface area contributed by atoms with Gasteiger partial charge < -0.3 is 15.1 Å². The standard InChI is InChI=1S/C22H21F3N2O3/c1-11(2)14-8-15-13(10-30-18(15)6-12(14)3)7-19(28)26-9-20(29)27-17-5-4-16(23)21(24)22(17)25/h4-6,8,10-11H,7,9H2,1-3H3,(H,26,28)(H,27,29). The Morgan fingerprint density at radius 3 is 2.50 bits per heavy atom. The lowest BCUT2D eigenvalue weighted by Crippen LogP contribution is -2.34. The molecule has 0 saturated carbocycles. The van der Waals surface area contributed by atoms with Gasteiger partial charge in [-0.05, 0) is 48.2 Å². The van der Waals surface area contributed by atoms with Crippen molar-refractivity contribution in [1.82, 2.24) is 5.32 Å². The second-order valence-electron chi connectivity index (χ2n) is 7.35. The van der Waals surface area contributed by atoms with Gasteiger partial charge in [0, 0.05) is 10.9 Å². The Bertz CT molecular complexity index is 1120. The van der Waals surface area contributed by atoms with Crippen molar-refractivity contribution in [2.24, 2.45) is 0 Å². The minimum Gasteiger partial charge on any atom is -0.464 e. The van der Waals surface area contributed by atoms with Gasteiger partial charge in [0.25, 0.3) is 0 Å². The Morgan fingerprint density at radius 2 is 1.80 bits per heavy atom. The average Bonchev–Trinajstić information content (AvgIpc) is 3.07. The summed E-state index contributed by atoms with van der Waals surface area (Å²) in [6, 6.07) is 5.53. The molecule has 3 aromatic rings. The van der Waals surface area contributed by atoms with Crippen molar-refractivity contribution in [2.45, 2.75) is 33.1 Å². The summed E-state index contributed by atoms with van der Waals surface area (Å²) in [5.74, 6) is -5.45. The van der Waals surface area contributed by atoms with E-state index < -0.39 is 41.5 Å². The number of carbonyl (C=O) groups is 2. The molecular formula is C22H21F3N2O3. The fraction of sp³-hybridized carbons (Fsp3) is 0.273. The van der Waals surface area contributed by atoms with Crippen LogP contribution >= 0.6 is 0 Å². The van der Waals surface area contributed by atoms with Gasteiger partial charge in [-0.2, -0.15) is 0 Å². The van der Waals surface area contributed by atoms with Gasteiger partial charge in [-0.3, -0.25) is 9.59 Å². The van der Waals surface area contributed by atoms with E-state index in [2.05, 4.69) is 24.5 Å². The number of rotatable bonds is 6. The fourth-order valence-corrected chi connectivity index (χ4v) is 3.23. The van der Waals surface area contributed by atoms with Crippen LogP contribution in [0.15, 0.2) is 34.9 Å². The van der Waals surface area contributed by atoms with E-state index in [1.54, 1.807) is 0 Å². The largest absolute Gasteiger partial charge is 0.464 e. The number of furan rings is 1. The number of nitrogens with one attached hydrogen (secondary N) is 2. The number of hydrogen-bond acceptors (Lipinski definition) is 3. The van der Waals surface area contributed by atoms with Crippen LogP contribution in [-0.2, 0) is 16.0 Å². The number of fused-ring (bicyclic) bond motifs is 1. The van der Waals surface area contributed by atoms with E-state index in [0.717, 1.165) is 22.6 Å². The van der Waals surface area contributed by atoms with E-state index in [-0.39, 0.29) is 6.42 Å². The summed E-state index contributed by atoms with van der Waals surface area (Å²) in [5, 5.41) is 5.34. The summed E-state index contributed by atoms with van der Waals surface area (Å²) in [6.45, 7) is 5.70. The van der Waals surface area contributed by atoms with Crippen LogP contribution in [0.25, 0.3) is 11.0 Å². The molecule has 8 heteroatoms. The van der Waals surface area contributed by atoms with Crippen LogP contribution in [-0.4, -0.2) is 18.4 Å². The minimum atomic E-state index is -1.68. The van der Waals surface area contributed by atoms with Crippen LogP contribution in [0.5, 0.6) is 0 Å². The molecule has 2 aromatic carbocycles. The normalized spacial score (nSPS) is 11.2. The second kappa shape index (κ2) is 8.61. The average molecular weight is 418 g/mol. The van der Waals surface area contributed by atoms with Crippen molar-refractivity contribution < 1.29 is 27.2 Å². The molecule has 2 amide bonds. The summed E-state index contributed by atoms with van der Waals surface area (Å²) in [5.41, 5.74) is 3.09. The van der Waals surface area contributed by atoms with Crippen LogP contribution < -0.4 is 10.6 Å². The van der Waals surface area contributed by atoms with Gasteiger partial charge in [-0.15, -0.1) is 0 Å². The first-order chi connectivity index (χ1) is 14.2. The maximum Gasteiger partial charge on any atom is 0.243 e. The minimum absolute atomic E-state index is 0.0135. The van der Waals surface area contributed by atoms with Gasteiger partial charge in [-0.1, -0.05) is 13.8 Å². The van der Waals surface area contributed by atoms with Crippen molar-refractivity contribution >= 4 is 28.5 Å². The van der Waals surface area contributed by atoms with Crippen LogP contribution in [0.2, 0.25) is 0 Å². The summed E-state index contributed by atoms with van der Waals surface area (Å²) in [7, 11) is 0. The summed E-state index contributed by atoms with van der Waals surface area (Å²) in [6.07, 6.45) is 1.49. The Labute approximate surface area is 171 Å². The zero-order valence-electron chi connectivity index (χ0n) is 16.7. The highest BCUT2D eigenvalue weighted by atomic mass is 19.2. The van der Waals surface area contributed by atoms with Gasteiger partial charge in [0.15, 0.2) is 17.5 Å².